The minimum atomic E-state index is -1.02. The van der Waals surface area contributed by atoms with Gasteiger partial charge in [-0.05, 0) is 23.8 Å². The molecule has 1 aromatic carbocycles. The van der Waals surface area contributed by atoms with Crippen LogP contribution in [0.5, 0.6) is 0 Å². The largest absolute Gasteiger partial charge is 0.478 e. The number of nitrogens with one attached hydrogen (secondary N) is 1. The van der Waals surface area contributed by atoms with Crippen LogP contribution in [0.15, 0.2) is 42.7 Å². The second-order valence-corrected chi connectivity index (χ2v) is 4.03. The number of rotatable bonds is 3. The van der Waals surface area contributed by atoms with Gasteiger partial charge < -0.3 is 10.4 Å². The van der Waals surface area contributed by atoms with Gasteiger partial charge in [-0.3, -0.25) is 9.78 Å². The summed E-state index contributed by atoms with van der Waals surface area (Å²) < 4.78 is 0. The summed E-state index contributed by atoms with van der Waals surface area (Å²) in [6.45, 7) is 1.43. The van der Waals surface area contributed by atoms with Gasteiger partial charge in [0.05, 0.1) is 5.56 Å². The van der Waals surface area contributed by atoms with Crippen LogP contribution in [0, 0.1) is 0 Å². The molecule has 0 atom stereocenters. The maximum Gasteiger partial charge on any atom is 0.337 e. The molecule has 0 unspecified atom stereocenters. The molecule has 1 amide bonds. The lowest BCUT2D eigenvalue weighted by atomic mass is 10.1. The quantitative estimate of drug-likeness (QED) is 0.883. The van der Waals surface area contributed by atoms with Crippen molar-refractivity contribution < 1.29 is 14.7 Å². The molecule has 19 heavy (non-hydrogen) atoms. The van der Waals surface area contributed by atoms with Gasteiger partial charge in [-0.2, -0.15) is 0 Å². The molecule has 1 aromatic heterocycles. The second-order valence-electron chi connectivity index (χ2n) is 4.03. The van der Waals surface area contributed by atoms with E-state index in [1.54, 1.807) is 30.5 Å². The Bertz CT molecular complexity index is 638. The van der Waals surface area contributed by atoms with Gasteiger partial charge in [0.15, 0.2) is 0 Å². The molecule has 2 rings (SSSR count). The van der Waals surface area contributed by atoms with Crippen molar-refractivity contribution in [1.29, 1.82) is 0 Å². The van der Waals surface area contributed by atoms with E-state index in [1.807, 2.05) is 6.07 Å². The number of hydrogen-bond acceptors (Lipinski definition) is 3. The molecular weight excluding hydrogens is 244 g/mol. The predicted octanol–water partition coefficient (Wildman–Crippen LogP) is 2.41. The first kappa shape index (κ1) is 12.8. The highest BCUT2D eigenvalue weighted by Crippen LogP contribution is 2.22. The van der Waals surface area contributed by atoms with Gasteiger partial charge in [-0.1, -0.05) is 12.1 Å². The molecule has 0 aliphatic rings. The highest BCUT2D eigenvalue weighted by molar-refractivity contribution is 5.90. The van der Waals surface area contributed by atoms with Crippen LogP contribution in [0.4, 0.5) is 5.69 Å². The Labute approximate surface area is 109 Å². The number of anilines is 1. The van der Waals surface area contributed by atoms with Crippen LogP contribution in [-0.4, -0.2) is 22.0 Å². The standard InChI is InChI=1S/C14H12N2O3/c1-9(17)16-13-4-2-3-10(6-13)11-5-12(14(18)19)8-15-7-11/h2-8H,1H3,(H,16,17)(H,18,19). The SMILES string of the molecule is CC(=O)Nc1cccc(-c2cncc(C(=O)O)c2)c1. The molecule has 2 aromatic rings. The van der Waals surface area contributed by atoms with E-state index in [9.17, 15) is 9.59 Å². The summed E-state index contributed by atoms with van der Waals surface area (Å²) in [5, 5.41) is 11.6. The molecule has 0 aliphatic heterocycles. The first-order valence-electron chi connectivity index (χ1n) is 5.62. The van der Waals surface area contributed by atoms with E-state index in [-0.39, 0.29) is 11.5 Å². The molecule has 0 fully saturated rings. The van der Waals surface area contributed by atoms with Gasteiger partial charge in [0.25, 0.3) is 0 Å². The van der Waals surface area contributed by atoms with E-state index in [1.165, 1.54) is 13.1 Å². The number of pyridine rings is 1. The Morgan fingerprint density at radius 2 is 1.95 bits per heavy atom. The van der Waals surface area contributed by atoms with Crippen LogP contribution in [0.2, 0.25) is 0 Å². The zero-order valence-electron chi connectivity index (χ0n) is 10.3. The van der Waals surface area contributed by atoms with Crippen LogP contribution in [0.3, 0.4) is 0 Å². The predicted molar refractivity (Wildman–Crippen MR) is 70.9 cm³/mol. The first-order valence-corrected chi connectivity index (χ1v) is 5.62. The van der Waals surface area contributed by atoms with Crippen molar-refractivity contribution in [2.45, 2.75) is 6.92 Å². The lowest BCUT2D eigenvalue weighted by molar-refractivity contribution is -0.114. The van der Waals surface area contributed by atoms with Gasteiger partial charge in [0.2, 0.25) is 5.91 Å². The summed E-state index contributed by atoms with van der Waals surface area (Å²) in [5.41, 5.74) is 2.27. The first-order chi connectivity index (χ1) is 9.06. The smallest absolute Gasteiger partial charge is 0.337 e. The molecular formula is C14H12N2O3. The summed E-state index contributed by atoms with van der Waals surface area (Å²) in [6, 6.07) is 8.69. The van der Waals surface area contributed by atoms with E-state index < -0.39 is 5.97 Å². The molecule has 0 spiro atoms. The Morgan fingerprint density at radius 1 is 1.16 bits per heavy atom. The number of aromatic carboxylic acids is 1. The third kappa shape index (κ3) is 3.16. The van der Waals surface area contributed by atoms with Crippen molar-refractivity contribution in [2.24, 2.45) is 0 Å². The molecule has 0 bridgehead atoms. The summed E-state index contributed by atoms with van der Waals surface area (Å²) in [7, 11) is 0. The van der Waals surface area contributed by atoms with Crippen molar-refractivity contribution in [1.82, 2.24) is 4.98 Å². The van der Waals surface area contributed by atoms with Crippen LogP contribution < -0.4 is 5.32 Å². The Morgan fingerprint density at radius 3 is 2.63 bits per heavy atom. The third-order valence-electron chi connectivity index (χ3n) is 2.50. The molecule has 2 N–H and O–H groups in total. The van der Waals surface area contributed by atoms with Crippen LogP contribution in [0.25, 0.3) is 11.1 Å². The number of carbonyl (C=O) groups is 2. The number of carbonyl (C=O) groups excluding carboxylic acids is 1. The highest BCUT2D eigenvalue weighted by atomic mass is 16.4. The topological polar surface area (TPSA) is 79.3 Å². The zero-order valence-corrected chi connectivity index (χ0v) is 10.3. The van der Waals surface area contributed by atoms with Crippen LogP contribution in [-0.2, 0) is 4.79 Å². The van der Waals surface area contributed by atoms with Gasteiger partial charge >= 0.3 is 5.97 Å². The molecule has 0 saturated carbocycles. The van der Waals surface area contributed by atoms with Gasteiger partial charge in [0.1, 0.15) is 0 Å². The summed E-state index contributed by atoms with van der Waals surface area (Å²) >= 11 is 0. The van der Waals surface area contributed by atoms with Crippen molar-refractivity contribution in [2.75, 3.05) is 5.32 Å². The van der Waals surface area contributed by atoms with Gasteiger partial charge in [-0.15, -0.1) is 0 Å². The molecule has 96 valence electrons. The minimum absolute atomic E-state index is 0.127. The number of carboxylic acids is 1. The number of carboxylic acid groups (broad SMARTS) is 1. The Hall–Kier alpha value is -2.69. The summed E-state index contributed by atoms with van der Waals surface area (Å²) in [4.78, 5) is 25.8. The number of nitrogens with zero attached hydrogens (tertiary/aromatic N) is 1. The second kappa shape index (κ2) is 5.30. The number of aromatic nitrogens is 1. The normalized spacial score (nSPS) is 9.95. The van der Waals surface area contributed by atoms with Crippen LogP contribution in [0.1, 0.15) is 17.3 Å². The lowest BCUT2D eigenvalue weighted by Crippen LogP contribution is -2.05. The number of benzene rings is 1. The van der Waals surface area contributed by atoms with E-state index in [0.29, 0.717) is 11.3 Å². The highest BCUT2D eigenvalue weighted by Gasteiger charge is 2.06. The van der Waals surface area contributed by atoms with Crippen molar-refractivity contribution in [3.05, 3.63) is 48.3 Å². The van der Waals surface area contributed by atoms with Gasteiger partial charge in [-0.25, -0.2) is 4.79 Å². The molecule has 5 heteroatoms. The molecule has 1 heterocycles. The molecule has 0 radical (unpaired) electrons. The fraction of sp³-hybridized carbons (Fsp3) is 0.0714. The minimum Gasteiger partial charge on any atom is -0.478 e. The lowest BCUT2D eigenvalue weighted by Gasteiger charge is -2.06. The fourth-order valence-electron chi connectivity index (χ4n) is 1.69. The maximum absolute atomic E-state index is 11.0. The molecule has 0 saturated heterocycles. The Balaban J connectivity index is 2.38. The average molecular weight is 256 g/mol. The third-order valence-corrected chi connectivity index (χ3v) is 2.50. The van der Waals surface area contributed by atoms with Crippen molar-refractivity contribution in [3.63, 3.8) is 0 Å². The van der Waals surface area contributed by atoms with Crippen molar-refractivity contribution in [3.8, 4) is 11.1 Å². The molecule has 5 nitrogen and oxygen atoms in total. The van der Waals surface area contributed by atoms with Gasteiger partial charge in [0, 0.05) is 30.6 Å². The maximum atomic E-state index is 11.0. The number of amides is 1. The summed E-state index contributed by atoms with van der Waals surface area (Å²) in [6.07, 6.45) is 2.88. The van der Waals surface area contributed by atoms with Crippen molar-refractivity contribution >= 4 is 17.6 Å². The average Bonchev–Trinajstić information content (AvgIpc) is 2.38. The van der Waals surface area contributed by atoms with E-state index in [0.717, 1.165) is 5.56 Å². The Kier molecular flexibility index (Phi) is 3.56. The fourth-order valence-corrected chi connectivity index (χ4v) is 1.69. The zero-order chi connectivity index (χ0) is 13.8. The van der Waals surface area contributed by atoms with Crippen LogP contribution >= 0.6 is 0 Å². The number of hydrogen-bond donors (Lipinski definition) is 2. The summed E-state index contributed by atoms with van der Waals surface area (Å²) in [5.74, 6) is -1.18. The monoisotopic (exact) mass is 256 g/mol. The van der Waals surface area contributed by atoms with E-state index in [4.69, 9.17) is 5.11 Å². The van der Waals surface area contributed by atoms with E-state index in [2.05, 4.69) is 10.3 Å². The van der Waals surface area contributed by atoms with E-state index >= 15 is 0 Å². The molecule has 0 aliphatic carbocycles.